The van der Waals surface area contributed by atoms with Crippen LogP contribution in [0.4, 0.5) is 5.69 Å². The first-order chi connectivity index (χ1) is 13.7. The predicted octanol–water partition coefficient (Wildman–Crippen LogP) is 4.76. The van der Waals surface area contributed by atoms with Crippen LogP contribution in [0.25, 0.3) is 11.1 Å². The monoisotopic (exact) mass is 395 g/mol. The summed E-state index contributed by atoms with van der Waals surface area (Å²) in [6.07, 6.45) is 4.69. The van der Waals surface area contributed by atoms with Crippen molar-refractivity contribution in [1.82, 2.24) is 9.88 Å². The molecule has 3 aromatic rings. The van der Waals surface area contributed by atoms with Gasteiger partial charge in [-0.3, -0.25) is 4.79 Å². The Labute approximate surface area is 169 Å². The highest BCUT2D eigenvalue weighted by molar-refractivity contribution is 7.98. The number of carbonyl (C=O) groups excluding carboxylic acids is 1. The number of thioether (sulfide) groups is 1. The third-order valence-electron chi connectivity index (χ3n) is 5.20. The molecule has 1 aromatic heterocycles. The number of anilines is 1. The molecule has 146 valence electrons. The van der Waals surface area contributed by atoms with Crippen LogP contribution in [0.2, 0.25) is 0 Å². The summed E-state index contributed by atoms with van der Waals surface area (Å²) in [5.74, 6) is 1.18. The van der Waals surface area contributed by atoms with E-state index in [1.165, 1.54) is 0 Å². The molecule has 0 radical (unpaired) electrons. The first-order valence-electron chi connectivity index (χ1n) is 9.73. The quantitative estimate of drug-likeness (QED) is 0.610. The van der Waals surface area contributed by atoms with Crippen LogP contribution in [0.3, 0.4) is 0 Å². The van der Waals surface area contributed by atoms with E-state index in [1.807, 2.05) is 54.8 Å². The molecule has 1 aliphatic rings. The van der Waals surface area contributed by atoms with Gasteiger partial charge >= 0.3 is 0 Å². The van der Waals surface area contributed by atoms with Crippen LogP contribution >= 0.6 is 11.8 Å². The number of rotatable bonds is 6. The van der Waals surface area contributed by atoms with E-state index in [0.29, 0.717) is 12.3 Å². The molecule has 0 spiro atoms. The lowest BCUT2D eigenvalue weighted by molar-refractivity contribution is -0.116. The molecule has 0 bridgehead atoms. The van der Waals surface area contributed by atoms with Gasteiger partial charge in [-0.25, -0.2) is 4.98 Å². The zero-order chi connectivity index (χ0) is 19.3. The highest BCUT2D eigenvalue weighted by Gasteiger charge is 2.25. The van der Waals surface area contributed by atoms with Crippen molar-refractivity contribution in [2.45, 2.75) is 30.1 Å². The van der Waals surface area contributed by atoms with Gasteiger partial charge in [0.05, 0.1) is 5.69 Å². The molecular formula is C22H25N3O2S. The number of aromatic nitrogens is 1. The zero-order valence-corrected chi connectivity index (χ0v) is 16.9. The minimum Gasteiger partial charge on any atom is -0.440 e. The molecule has 6 heteroatoms. The van der Waals surface area contributed by atoms with Crippen LogP contribution in [0.1, 0.15) is 31.1 Å². The smallest absolute Gasteiger partial charge is 0.225 e. The molecular weight excluding hydrogens is 370 g/mol. The maximum absolute atomic E-state index is 12.4. The van der Waals surface area contributed by atoms with Gasteiger partial charge in [-0.15, -0.1) is 11.8 Å². The van der Waals surface area contributed by atoms with Gasteiger partial charge in [-0.1, -0.05) is 24.3 Å². The predicted molar refractivity (Wildman–Crippen MR) is 114 cm³/mol. The van der Waals surface area contributed by atoms with Gasteiger partial charge in [-0.05, 0) is 49.9 Å². The van der Waals surface area contributed by atoms with Crippen LogP contribution in [0.5, 0.6) is 0 Å². The number of nitrogens with one attached hydrogen (secondary N) is 1. The van der Waals surface area contributed by atoms with Crippen molar-refractivity contribution in [3.63, 3.8) is 0 Å². The fraction of sp³-hybridized carbons (Fsp3) is 0.364. The minimum atomic E-state index is 0.0606. The first kappa shape index (κ1) is 19.0. The number of likely N-dealkylation sites (tertiary alicyclic amines) is 1. The summed E-state index contributed by atoms with van der Waals surface area (Å²) >= 11 is 1.64. The summed E-state index contributed by atoms with van der Waals surface area (Å²) in [5.41, 5.74) is 2.66. The molecule has 1 N–H and O–H groups in total. The molecule has 1 saturated heterocycles. The molecule has 2 heterocycles. The third-order valence-corrected chi connectivity index (χ3v) is 6.00. The summed E-state index contributed by atoms with van der Waals surface area (Å²) in [6, 6.07) is 15.8. The second-order valence-electron chi connectivity index (χ2n) is 7.16. The highest BCUT2D eigenvalue weighted by Crippen LogP contribution is 2.29. The van der Waals surface area contributed by atoms with Crippen LogP contribution in [0, 0.1) is 0 Å². The number of benzene rings is 2. The number of carbonyl (C=O) groups is 1. The molecule has 0 saturated carbocycles. The molecule has 5 nitrogen and oxygen atoms in total. The topological polar surface area (TPSA) is 58.4 Å². The second-order valence-corrected chi connectivity index (χ2v) is 8.01. The average Bonchev–Trinajstić information content (AvgIpc) is 3.17. The van der Waals surface area contributed by atoms with Crippen LogP contribution in [-0.2, 0) is 4.79 Å². The largest absolute Gasteiger partial charge is 0.440 e. The van der Waals surface area contributed by atoms with Crippen molar-refractivity contribution in [3.8, 4) is 0 Å². The van der Waals surface area contributed by atoms with E-state index in [1.54, 1.807) is 11.8 Å². The number of hydrogen-bond donors (Lipinski definition) is 1. The van der Waals surface area contributed by atoms with E-state index in [0.717, 1.165) is 60.0 Å². The van der Waals surface area contributed by atoms with Crippen molar-refractivity contribution in [2.24, 2.45) is 0 Å². The molecule has 1 aliphatic heterocycles. The van der Waals surface area contributed by atoms with Gasteiger partial charge in [0, 0.05) is 30.3 Å². The summed E-state index contributed by atoms with van der Waals surface area (Å²) in [4.78, 5) is 20.5. The summed E-state index contributed by atoms with van der Waals surface area (Å²) in [6.45, 7) is 2.66. The van der Waals surface area contributed by atoms with E-state index >= 15 is 0 Å². The number of nitrogens with zero attached hydrogens (tertiary/aromatic N) is 2. The van der Waals surface area contributed by atoms with E-state index in [-0.39, 0.29) is 5.91 Å². The van der Waals surface area contributed by atoms with Gasteiger partial charge in [0.2, 0.25) is 5.91 Å². The van der Waals surface area contributed by atoms with E-state index < -0.39 is 0 Å². The molecule has 1 amide bonds. The van der Waals surface area contributed by atoms with Crippen LogP contribution < -0.4 is 5.32 Å². The van der Waals surface area contributed by atoms with Crippen molar-refractivity contribution >= 4 is 34.5 Å². The Hall–Kier alpha value is -2.31. The Morgan fingerprint density at radius 2 is 2.07 bits per heavy atom. The number of fused-ring (bicyclic) bond motifs is 1. The summed E-state index contributed by atoms with van der Waals surface area (Å²) in [5, 5.41) is 3.04. The van der Waals surface area contributed by atoms with Crippen LogP contribution in [-0.4, -0.2) is 41.7 Å². The van der Waals surface area contributed by atoms with E-state index in [4.69, 9.17) is 4.42 Å². The van der Waals surface area contributed by atoms with E-state index in [2.05, 4.69) is 15.2 Å². The maximum Gasteiger partial charge on any atom is 0.225 e. The Kier molecular flexibility index (Phi) is 5.98. The van der Waals surface area contributed by atoms with Crippen molar-refractivity contribution in [2.75, 3.05) is 31.2 Å². The number of para-hydroxylation sites is 3. The standard InChI is InChI=1S/C22H25N3O2S/c1-28-20-11-5-3-9-18(20)23-21(26)12-14-25-13-6-7-16(15-25)22-24-17-8-2-4-10-19(17)27-22/h2-5,8-11,16H,6-7,12-15H2,1H3,(H,23,26)/t16-/m0/s1. The Bertz CT molecular complexity index is 923. The number of piperidine rings is 1. The molecule has 1 fully saturated rings. The van der Waals surface area contributed by atoms with Crippen molar-refractivity contribution in [3.05, 3.63) is 54.4 Å². The van der Waals surface area contributed by atoms with Crippen molar-refractivity contribution < 1.29 is 9.21 Å². The number of amides is 1. The second kappa shape index (κ2) is 8.80. The lowest BCUT2D eigenvalue weighted by Gasteiger charge is -2.30. The van der Waals surface area contributed by atoms with Gasteiger partial charge in [0.25, 0.3) is 0 Å². The number of oxazole rings is 1. The molecule has 2 aromatic carbocycles. The minimum absolute atomic E-state index is 0.0606. The maximum atomic E-state index is 12.4. The van der Waals surface area contributed by atoms with E-state index in [9.17, 15) is 4.79 Å². The third kappa shape index (κ3) is 4.39. The van der Waals surface area contributed by atoms with Crippen LogP contribution in [0.15, 0.2) is 57.8 Å². The Morgan fingerprint density at radius 1 is 1.25 bits per heavy atom. The summed E-state index contributed by atoms with van der Waals surface area (Å²) < 4.78 is 5.97. The average molecular weight is 396 g/mol. The Morgan fingerprint density at radius 3 is 2.93 bits per heavy atom. The molecule has 0 aliphatic carbocycles. The highest BCUT2D eigenvalue weighted by atomic mass is 32.2. The zero-order valence-electron chi connectivity index (χ0n) is 16.1. The lowest BCUT2D eigenvalue weighted by atomic mass is 9.98. The summed E-state index contributed by atoms with van der Waals surface area (Å²) in [7, 11) is 0. The SMILES string of the molecule is CSc1ccccc1NC(=O)CCN1CCC[C@H](c2nc3ccccc3o2)C1. The molecule has 1 atom stereocenters. The van der Waals surface area contributed by atoms with Gasteiger partial charge < -0.3 is 14.6 Å². The fourth-order valence-corrected chi connectivity index (χ4v) is 4.30. The Balaban J connectivity index is 1.33. The first-order valence-corrected chi connectivity index (χ1v) is 11.0. The molecule has 4 rings (SSSR count). The lowest BCUT2D eigenvalue weighted by Crippen LogP contribution is -2.36. The number of hydrogen-bond acceptors (Lipinski definition) is 5. The normalized spacial score (nSPS) is 17.7. The van der Waals surface area contributed by atoms with Gasteiger partial charge in [0.1, 0.15) is 5.52 Å². The molecule has 0 unspecified atom stereocenters. The molecule has 28 heavy (non-hydrogen) atoms. The fourth-order valence-electron chi connectivity index (χ4n) is 3.75. The van der Waals surface area contributed by atoms with Gasteiger partial charge in [0.15, 0.2) is 11.5 Å². The van der Waals surface area contributed by atoms with Crippen molar-refractivity contribution in [1.29, 1.82) is 0 Å². The van der Waals surface area contributed by atoms with Gasteiger partial charge in [-0.2, -0.15) is 0 Å².